The van der Waals surface area contributed by atoms with Crippen molar-refractivity contribution in [3.63, 3.8) is 0 Å². The minimum absolute atomic E-state index is 0.0852. The average molecular weight is 636 g/mol. The van der Waals surface area contributed by atoms with Gasteiger partial charge in [-0.2, -0.15) is 0 Å². The van der Waals surface area contributed by atoms with E-state index < -0.39 is 0 Å². The molecule has 0 aliphatic carbocycles. The largest absolute Gasteiger partial charge is 0.347 e. The van der Waals surface area contributed by atoms with Gasteiger partial charge in [-0.25, -0.2) is 4.68 Å². The molecule has 0 amide bonds. The van der Waals surface area contributed by atoms with Crippen LogP contribution in [0, 0.1) is 0 Å². The predicted octanol–water partition coefficient (Wildman–Crippen LogP) is 3.62. The Morgan fingerprint density at radius 2 is 2.03 bits per heavy atom. The van der Waals surface area contributed by atoms with Crippen LogP contribution in [-0.2, 0) is 17.8 Å². The van der Waals surface area contributed by atoms with E-state index in [0.29, 0.717) is 11.5 Å². The van der Waals surface area contributed by atoms with Crippen molar-refractivity contribution in [2.24, 2.45) is 4.99 Å². The number of halogens is 2. The molecule has 162 valence electrons. The summed E-state index contributed by atoms with van der Waals surface area (Å²) in [4.78, 5) is 31.5. The number of aryl methyl sites for hydroxylation is 1. The third kappa shape index (κ3) is 6.40. The van der Waals surface area contributed by atoms with Gasteiger partial charge in [0.15, 0.2) is 5.78 Å². The van der Waals surface area contributed by atoms with Crippen LogP contribution in [0.5, 0.6) is 0 Å². The van der Waals surface area contributed by atoms with E-state index in [1.54, 1.807) is 19.9 Å². The maximum Gasteiger partial charge on any atom is 0.291 e. The fourth-order valence-corrected chi connectivity index (χ4v) is 3.48. The highest BCUT2D eigenvalue weighted by molar-refractivity contribution is 14.1. The van der Waals surface area contributed by atoms with Crippen molar-refractivity contribution in [2.45, 2.75) is 33.7 Å². The van der Waals surface area contributed by atoms with Gasteiger partial charge >= 0.3 is 0 Å². The van der Waals surface area contributed by atoms with Crippen LogP contribution in [0.15, 0.2) is 43.6 Å². The lowest BCUT2D eigenvalue weighted by Gasteiger charge is -2.17. The number of Topliss-reactive ketones (excluding diaryl/α,β-unsaturated/α-hetero) is 1. The summed E-state index contributed by atoms with van der Waals surface area (Å²) in [6, 6.07) is 1.86. The standard InChI is InChI=1S/C20H26I2N6O2/c1-6-15-9-17-19(30)28(24-20(25(4)5)26(17)11-15)13-16(29)12-27(22)18(21)7-8-23-10-14(2)3/h7-11H,6,12-13H2,1-5H3/b18-7+,23-8-. The fourth-order valence-electron chi connectivity index (χ4n) is 2.61. The van der Waals surface area contributed by atoms with Crippen LogP contribution in [0.1, 0.15) is 26.3 Å². The smallest absolute Gasteiger partial charge is 0.291 e. The minimum Gasteiger partial charge on any atom is -0.347 e. The first-order valence-corrected chi connectivity index (χ1v) is 11.4. The first kappa shape index (κ1) is 24.6. The monoisotopic (exact) mass is 636 g/mol. The quantitative estimate of drug-likeness (QED) is 0.182. The second-order valence-corrected chi connectivity index (χ2v) is 9.44. The van der Waals surface area contributed by atoms with Crippen LogP contribution >= 0.6 is 45.5 Å². The molecular formula is C20H26I2N6O2. The summed E-state index contributed by atoms with van der Waals surface area (Å²) in [6.45, 7) is 6.05. The first-order valence-electron chi connectivity index (χ1n) is 9.40. The molecule has 0 fully saturated rings. The zero-order valence-corrected chi connectivity index (χ0v) is 22.1. The van der Waals surface area contributed by atoms with Gasteiger partial charge in [-0.15, -0.1) is 5.10 Å². The Hall–Kier alpha value is -1.70. The van der Waals surface area contributed by atoms with Crippen molar-refractivity contribution in [2.75, 3.05) is 25.5 Å². The molecule has 2 heterocycles. The Labute approximate surface area is 204 Å². The molecule has 0 N–H and O–H groups in total. The van der Waals surface area contributed by atoms with Crippen molar-refractivity contribution in [3.8, 4) is 0 Å². The molecule has 0 atom stereocenters. The highest BCUT2D eigenvalue weighted by Crippen LogP contribution is 2.18. The molecule has 0 saturated carbocycles. The summed E-state index contributed by atoms with van der Waals surface area (Å²) in [6.07, 6.45) is 8.02. The Morgan fingerprint density at radius 1 is 1.33 bits per heavy atom. The molecular weight excluding hydrogens is 610 g/mol. The number of carbonyl (C=O) groups is 1. The zero-order chi connectivity index (χ0) is 22.4. The van der Waals surface area contributed by atoms with E-state index in [-0.39, 0.29) is 24.4 Å². The Morgan fingerprint density at radius 3 is 2.63 bits per heavy atom. The van der Waals surface area contributed by atoms with E-state index >= 15 is 0 Å². The van der Waals surface area contributed by atoms with Gasteiger partial charge in [0.25, 0.3) is 5.56 Å². The molecule has 0 bridgehead atoms. The SMILES string of the molecule is CCc1cc2c(=O)n(CC(=O)CN(I)/C(I)=C/C=N\C=C(C)C)nc(N(C)C)n2c1. The molecule has 30 heavy (non-hydrogen) atoms. The molecule has 2 rings (SSSR count). The number of anilines is 1. The Balaban J connectivity index is 2.21. The van der Waals surface area contributed by atoms with E-state index in [0.717, 1.165) is 21.3 Å². The second kappa shape index (κ2) is 11.1. The number of fused-ring (bicyclic) bond motifs is 1. The molecule has 0 spiro atoms. The molecule has 0 saturated heterocycles. The predicted molar refractivity (Wildman–Crippen MR) is 139 cm³/mol. The van der Waals surface area contributed by atoms with Crippen LogP contribution in [0.2, 0.25) is 0 Å². The molecule has 0 aromatic carbocycles. The number of rotatable bonds is 9. The van der Waals surface area contributed by atoms with E-state index in [9.17, 15) is 9.59 Å². The molecule has 0 radical (unpaired) electrons. The van der Waals surface area contributed by atoms with Gasteiger partial charge in [0.2, 0.25) is 5.95 Å². The third-order valence-corrected chi connectivity index (χ3v) is 6.79. The summed E-state index contributed by atoms with van der Waals surface area (Å²) in [5.74, 6) is 0.493. The van der Waals surface area contributed by atoms with Crippen molar-refractivity contribution in [3.05, 3.63) is 49.7 Å². The fraction of sp³-hybridized carbons (Fsp3) is 0.400. The molecule has 10 heteroatoms. The number of allylic oxidation sites excluding steroid dienone is 2. The van der Waals surface area contributed by atoms with Crippen molar-refractivity contribution >= 4 is 68.9 Å². The Kier molecular flexibility index (Phi) is 9.07. The van der Waals surface area contributed by atoms with Crippen LogP contribution in [0.3, 0.4) is 0 Å². The van der Waals surface area contributed by atoms with Gasteiger partial charge < -0.3 is 8.01 Å². The summed E-state index contributed by atoms with van der Waals surface area (Å²) >= 11 is 4.23. The van der Waals surface area contributed by atoms with Gasteiger partial charge in [0.1, 0.15) is 12.1 Å². The number of aromatic nitrogens is 3. The van der Waals surface area contributed by atoms with Crippen LogP contribution < -0.4 is 10.5 Å². The van der Waals surface area contributed by atoms with Gasteiger partial charge in [-0.05, 0) is 60.6 Å². The normalized spacial score (nSPS) is 11.9. The Bertz CT molecular complexity index is 1060. The highest BCUT2D eigenvalue weighted by atomic mass is 127. The molecule has 8 nitrogen and oxygen atoms in total. The summed E-state index contributed by atoms with van der Waals surface area (Å²) < 4.78 is 5.68. The summed E-state index contributed by atoms with van der Waals surface area (Å²) in [7, 11) is 3.72. The number of aliphatic imine (C=N–C) groups is 1. The maximum absolute atomic E-state index is 12.9. The number of hydrogen-bond donors (Lipinski definition) is 0. The lowest BCUT2D eigenvalue weighted by Crippen LogP contribution is -2.33. The number of nitrogens with zero attached hydrogens (tertiary/aromatic N) is 6. The van der Waals surface area contributed by atoms with Crippen molar-refractivity contribution < 1.29 is 4.79 Å². The number of hydrogen-bond acceptors (Lipinski definition) is 6. The molecule has 0 unspecified atom stereocenters. The lowest BCUT2D eigenvalue weighted by molar-refractivity contribution is -0.119. The minimum atomic E-state index is -0.271. The third-order valence-electron chi connectivity index (χ3n) is 4.07. The van der Waals surface area contributed by atoms with Crippen molar-refractivity contribution in [1.82, 2.24) is 17.3 Å². The van der Waals surface area contributed by atoms with Gasteiger partial charge in [0.05, 0.1) is 33.1 Å². The van der Waals surface area contributed by atoms with Crippen LogP contribution in [-0.4, -0.2) is 49.9 Å². The van der Waals surface area contributed by atoms with Gasteiger partial charge in [0, 0.05) is 32.7 Å². The lowest BCUT2D eigenvalue weighted by atomic mass is 10.3. The van der Waals surface area contributed by atoms with Gasteiger partial charge in [-0.1, -0.05) is 12.5 Å². The van der Waals surface area contributed by atoms with E-state index in [4.69, 9.17) is 0 Å². The molecule has 2 aromatic rings. The number of carbonyl (C=O) groups excluding carboxylic acids is 1. The second-order valence-electron chi connectivity index (χ2n) is 7.17. The molecule has 2 aromatic heterocycles. The number of ketones is 1. The van der Waals surface area contributed by atoms with E-state index in [2.05, 4.69) is 55.5 Å². The van der Waals surface area contributed by atoms with Crippen LogP contribution in [0.4, 0.5) is 5.95 Å². The molecule has 0 aliphatic rings. The van der Waals surface area contributed by atoms with Crippen molar-refractivity contribution in [1.29, 1.82) is 0 Å². The van der Waals surface area contributed by atoms with Crippen LogP contribution in [0.25, 0.3) is 5.52 Å². The topological polar surface area (TPSA) is 75.2 Å². The highest BCUT2D eigenvalue weighted by Gasteiger charge is 2.17. The first-order chi connectivity index (χ1) is 14.1. The maximum atomic E-state index is 12.9. The average Bonchev–Trinajstić information content (AvgIpc) is 3.11. The zero-order valence-electron chi connectivity index (χ0n) is 17.8. The van der Waals surface area contributed by atoms with E-state index in [1.165, 1.54) is 4.68 Å². The van der Waals surface area contributed by atoms with E-state index in [1.807, 2.05) is 58.1 Å². The summed E-state index contributed by atoms with van der Waals surface area (Å²) in [5, 5.41) is 4.42. The van der Waals surface area contributed by atoms with Gasteiger partial charge in [-0.3, -0.25) is 19.0 Å². The summed E-state index contributed by atoms with van der Waals surface area (Å²) in [5.41, 5.74) is 2.41. The molecule has 0 aliphatic heterocycles.